The highest BCUT2D eigenvalue weighted by molar-refractivity contribution is 5.92. The molecule has 0 aromatic carbocycles. The zero-order valence-electron chi connectivity index (χ0n) is 18.0. The third kappa shape index (κ3) is 4.95. The molecule has 0 unspecified atom stereocenters. The second-order valence-electron chi connectivity index (χ2n) is 8.04. The van der Waals surface area contributed by atoms with E-state index in [1.165, 1.54) is 0 Å². The van der Waals surface area contributed by atoms with Crippen molar-refractivity contribution in [1.29, 1.82) is 0 Å². The van der Waals surface area contributed by atoms with Crippen LogP contribution >= 0.6 is 0 Å². The Morgan fingerprint density at radius 3 is 2.71 bits per heavy atom. The van der Waals surface area contributed by atoms with Gasteiger partial charge in [-0.3, -0.25) is 4.79 Å². The average molecular weight is 481 g/mol. The smallest absolute Gasteiger partial charge is 0.475 e. The lowest BCUT2D eigenvalue weighted by Crippen LogP contribution is -2.35. The molecule has 3 atom stereocenters. The average Bonchev–Trinajstić information content (AvgIpc) is 3.55. The van der Waals surface area contributed by atoms with Crippen LogP contribution in [0, 0.1) is 11.8 Å². The van der Waals surface area contributed by atoms with Crippen LogP contribution < -0.4 is 10.2 Å². The predicted molar refractivity (Wildman–Crippen MR) is 111 cm³/mol. The molecule has 2 saturated heterocycles. The van der Waals surface area contributed by atoms with Crippen LogP contribution in [0.4, 0.5) is 19.0 Å². The summed E-state index contributed by atoms with van der Waals surface area (Å²) >= 11 is 0. The topological polar surface area (TPSA) is 127 Å². The summed E-state index contributed by atoms with van der Waals surface area (Å²) in [5.74, 6) is -1.21. The van der Waals surface area contributed by atoms with Gasteiger partial charge in [0.1, 0.15) is 17.8 Å². The molecule has 11 nitrogen and oxygen atoms in total. The summed E-state index contributed by atoms with van der Waals surface area (Å²) in [6.45, 7) is 3.00. The minimum atomic E-state index is -5.08. The number of amides is 1. The summed E-state index contributed by atoms with van der Waals surface area (Å²) in [6.07, 6.45) is -1.42. The third-order valence-corrected chi connectivity index (χ3v) is 5.85. The van der Waals surface area contributed by atoms with Gasteiger partial charge in [-0.1, -0.05) is 0 Å². The van der Waals surface area contributed by atoms with Crippen LogP contribution in [0.2, 0.25) is 0 Å². The van der Waals surface area contributed by atoms with Crippen LogP contribution in [0.3, 0.4) is 0 Å². The van der Waals surface area contributed by atoms with E-state index in [0.29, 0.717) is 30.7 Å². The number of ether oxygens (including phenoxy) is 1. The monoisotopic (exact) mass is 481 g/mol. The molecule has 182 valence electrons. The number of anilines is 1. The van der Waals surface area contributed by atoms with E-state index in [9.17, 15) is 18.0 Å². The first-order valence-electron chi connectivity index (χ1n) is 10.4. The fraction of sp³-hybridized carbons (Fsp3) is 0.450. The maximum atomic E-state index is 12.4. The number of fused-ring (bicyclic) bond motifs is 2. The number of rotatable bonds is 4. The van der Waals surface area contributed by atoms with Crippen LogP contribution in [0.1, 0.15) is 10.5 Å². The number of hydrogen-bond acceptors (Lipinski definition) is 7. The fourth-order valence-corrected chi connectivity index (χ4v) is 4.09. The van der Waals surface area contributed by atoms with Crippen molar-refractivity contribution < 1.29 is 32.6 Å². The number of carbonyl (C=O) groups is 2. The summed E-state index contributed by atoms with van der Waals surface area (Å²) in [6, 6.07) is 7.59. The highest BCUT2D eigenvalue weighted by Crippen LogP contribution is 2.35. The van der Waals surface area contributed by atoms with E-state index in [2.05, 4.69) is 25.5 Å². The number of carbonyl (C=O) groups excluding carboxylic acids is 1. The molecule has 3 aromatic rings. The zero-order chi connectivity index (χ0) is 24.5. The summed E-state index contributed by atoms with van der Waals surface area (Å²) in [7, 11) is 1.87. The van der Waals surface area contributed by atoms with Crippen molar-refractivity contribution in [2.45, 2.75) is 12.3 Å². The Kier molecular flexibility index (Phi) is 6.41. The molecule has 1 amide bonds. The second-order valence-corrected chi connectivity index (χ2v) is 8.04. The lowest BCUT2D eigenvalue weighted by Gasteiger charge is -2.20. The summed E-state index contributed by atoms with van der Waals surface area (Å²) in [5, 5.41) is 22.6. The van der Waals surface area contributed by atoms with E-state index in [1.807, 2.05) is 42.1 Å². The number of aromatic nitrogens is 5. The second kappa shape index (κ2) is 9.29. The number of carboxylic acid groups (broad SMARTS) is 1. The Balaban J connectivity index is 0.000000344. The van der Waals surface area contributed by atoms with Crippen LogP contribution in [0.15, 0.2) is 36.8 Å². The first kappa shape index (κ1) is 23.5. The minimum Gasteiger partial charge on any atom is -0.475 e. The molecule has 5 heterocycles. The van der Waals surface area contributed by atoms with Crippen molar-refractivity contribution in [2.24, 2.45) is 18.9 Å². The van der Waals surface area contributed by atoms with Gasteiger partial charge in [-0.05, 0) is 24.3 Å². The zero-order valence-corrected chi connectivity index (χ0v) is 18.0. The molecular formula is C20H22F3N7O4. The van der Waals surface area contributed by atoms with Gasteiger partial charge in [0.2, 0.25) is 0 Å². The molecule has 0 bridgehead atoms. The molecule has 0 spiro atoms. The van der Waals surface area contributed by atoms with Gasteiger partial charge in [0, 0.05) is 44.7 Å². The molecule has 2 aliphatic heterocycles. The summed E-state index contributed by atoms with van der Waals surface area (Å²) in [5.41, 5.74) is 1.40. The van der Waals surface area contributed by atoms with E-state index >= 15 is 0 Å². The number of aliphatic carboxylic acids is 1. The van der Waals surface area contributed by atoms with Crippen molar-refractivity contribution in [3.63, 3.8) is 0 Å². The molecular weight excluding hydrogens is 459 g/mol. The van der Waals surface area contributed by atoms with Gasteiger partial charge in [-0.15, -0.1) is 15.3 Å². The van der Waals surface area contributed by atoms with Crippen molar-refractivity contribution in [3.8, 4) is 0 Å². The number of nitrogens with one attached hydrogen (secondary N) is 1. The first-order valence-corrected chi connectivity index (χ1v) is 10.4. The summed E-state index contributed by atoms with van der Waals surface area (Å²) < 4.78 is 41.2. The van der Waals surface area contributed by atoms with Gasteiger partial charge in [-0.25, -0.2) is 4.79 Å². The molecule has 0 aliphatic carbocycles. The maximum Gasteiger partial charge on any atom is 0.490 e. The molecule has 3 aromatic heterocycles. The quantitative estimate of drug-likeness (QED) is 0.565. The first-order chi connectivity index (χ1) is 16.1. The van der Waals surface area contributed by atoms with Crippen molar-refractivity contribution in [3.05, 3.63) is 42.5 Å². The SMILES string of the molecule is Cn1cccc1C(=O)NC[C@H]1CO[C@@H]2CN(c3ccc4nncn4n3)C[C@H]12.O=C(O)C(F)(F)F. The van der Waals surface area contributed by atoms with Crippen molar-refractivity contribution >= 4 is 23.3 Å². The van der Waals surface area contributed by atoms with Gasteiger partial charge in [0.15, 0.2) is 5.65 Å². The van der Waals surface area contributed by atoms with Gasteiger partial charge in [0.25, 0.3) is 5.91 Å². The number of nitrogens with zero attached hydrogens (tertiary/aromatic N) is 6. The van der Waals surface area contributed by atoms with Crippen LogP contribution in [0.5, 0.6) is 0 Å². The van der Waals surface area contributed by atoms with Crippen LogP contribution in [-0.4, -0.2) is 79.9 Å². The number of aryl methyl sites for hydroxylation is 1. The lowest BCUT2D eigenvalue weighted by molar-refractivity contribution is -0.192. The van der Waals surface area contributed by atoms with E-state index in [0.717, 1.165) is 24.6 Å². The number of alkyl halides is 3. The van der Waals surface area contributed by atoms with E-state index in [4.69, 9.17) is 14.6 Å². The van der Waals surface area contributed by atoms with Crippen LogP contribution in [-0.2, 0) is 16.6 Å². The Morgan fingerprint density at radius 1 is 1.26 bits per heavy atom. The Hall–Kier alpha value is -3.68. The van der Waals surface area contributed by atoms with Gasteiger partial charge in [-0.2, -0.15) is 17.7 Å². The molecule has 2 fully saturated rings. The van der Waals surface area contributed by atoms with Gasteiger partial charge >= 0.3 is 12.1 Å². The number of hydrogen-bond donors (Lipinski definition) is 2. The van der Waals surface area contributed by atoms with Gasteiger partial charge in [0.05, 0.1) is 12.7 Å². The summed E-state index contributed by atoms with van der Waals surface area (Å²) in [4.78, 5) is 23.5. The molecule has 5 rings (SSSR count). The Labute approximate surface area is 191 Å². The van der Waals surface area contributed by atoms with E-state index in [1.54, 1.807) is 10.8 Å². The fourth-order valence-electron chi connectivity index (χ4n) is 4.09. The third-order valence-electron chi connectivity index (χ3n) is 5.85. The molecule has 0 radical (unpaired) electrons. The molecule has 34 heavy (non-hydrogen) atoms. The van der Waals surface area contributed by atoms with E-state index < -0.39 is 12.1 Å². The molecule has 2 N–H and O–H groups in total. The van der Waals surface area contributed by atoms with Gasteiger partial charge < -0.3 is 24.6 Å². The lowest BCUT2D eigenvalue weighted by atomic mass is 9.93. The molecule has 14 heteroatoms. The Morgan fingerprint density at radius 2 is 2.03 bits per heavy atom. The van der Waals surface area contributed by atoms with Crippen LogP contribution in [0.25, 0.3) is 5.65 Å². The van der Waals surface area contributed by atoms with Crippen molar-refractivity contribution in [2.75, 3.05) is 31.1 Å². The molecule has 2 aliphatic rings. The normalized spacial score (nSPS) is 21.8. The largest absolute Gasteiger partial charge is 0.490 e. The predicted octanol–water partition coefficient (Wildman–Crippen LogP) is 0.977. The number of carboxylic acids is 1. The highest BCUT2D eigenvalue weighted by Gasteiger charge is 2.44. The van der Waals surface area contributed by atoms with Crippen molar-refractivity contribution in [1.82, 2.24) is 29.7 Å². The highest BCUT2D eigenvalue weighted by atomic mass is 19.4. The molecule has 0 saturated carbocycles. The minimum absolute atomic E-state index is 0.0412. The maximum absolute atomic E-state index is 12.4. The standard InChI is InChI=1S/C18H21N7O2.C2HF3O2/c1-23-6-2-3-14(23)18(26)19-7-12-10-27-15-9-24(8-13(12)15)17-5-4-16-21-20-11-25(16)22-17;3-2(4,5)1(6)7/h2-6,11-13,15H,7-10H2,1H3,(H,19,26);(H,6,7)/t12-,13+,15+;/m0./s1. The number of halogens is 3. The Bertz CT molecular complexity index is 1180. The van der Waals surface area contributed by atoms with E-state index in [-0.39, 0.29) is 12.0 Å².